The Bertz CT molecular complexity index is 895. The Labute approximate surface area is 157 Å². The minimum atomic E-state index is -0.465. The van der Waals surface area contributed by atoms with Crippen LogP contribution in [0.15, 0.2) is 47.2 Å². The molecule has 1 aliphatic rings. The first kappa shape index (κ1) is 17.4. The molecule has 8 heteroatoms. The molecule has 1 aromatic carbocycles. The molecule has 0 spiro atoms. The van der Waals surface area contributed by atoms with E-state index < -0.39 is 5.54 Å². The Morgan fingerprint density at radius 1 is 1.30 bits per heavy atom. The molecule has 1 aliphatic heterocycles. The second kappa shape index (κ2) is 7.32. The maximum atomic E-state index is 12.3. The van der Waals surface area contributed by atoms with Gasteiger partial charge in [0.2, 0.25) is 5.91 Å². The lowest BCUT2D eigenvalue weighted by molar-refractivity contribution is -0.115. The van der Waals surface area contributed by atoms with Crippen molar-refractivity contribution in [2.45, 2.75) is 31.7 Å². The summed E-state index contributed by atoms with van der Waals surface area (Å²) in [4.78, 5) is 16.8. The molecule has 0 unspecified atom stereocenters. The van der Waals surface area contributed by atoms with Crippen molar-refractivity contribution in [2.24, 2.45) is 0 Å². The fourth-order valence-corrected chi connectivity index (χ4v) is 3.40. The van der Waals surface area contributed by atoms with Crippen molar-refractivity contribution >= 4 is 11.6 Å². The molecule has 1 amide bonds. The van der Waals surface area contributed by atoms with Crippen molar-refractivity contribution in [1.29, 1.82) is 0 Å². The van der Waals surface area contributed by atoms with E-state index in [4.69, 9.17) is 4.52 Å². The molecule has 27 heavy (non-hydrogen) atoms. The van der Waals surface area contributed by atoms with Gasteiger partial charge in [0.15, 0.2) is 5.82 Å². The average molecular weight is 366 g/mol. The topological polar surface area (TPSA) is 97.9 Å². The zero-order valence-corrected chi connectivity index (χ0v) is 15.2. The third-order valence-corrected chi connectivity index (χ3v) is 4.89. The molecule has 1 fully saturated rings. The van der Waals surface area contributed by atoms with Gasteiger partial charge >= 0.3 is 0 Å². The van der Waals surface area contributed by atoms with Crippen LogP contribution in [0.4, 0.5) is 5.69 Å². The molecule has 1 saturated heterocycles. The fraction of sp³-hybridized carbons (Fsp3) is 0.368. The minimum Gasteiger partial charge on any atom is -0.337 e. The van der Waals surface area contributed by atoms with Crippen molar-refractivity contribution in [1.82, 2.24) is 25.2 Å². The Morgan fingerprint density at radius 2 is 2.07 bits per heavy atom. The summed E-state index contributed by atoms with van der Waals surface area (Å²) in [6, 6.07) is 9.53. The van der Waals surface area contributed by atoms with Gasteiger partial charge in [-0.2, -0.15) is 10.1 Å². The van der Waals surface area contributed by atoms with Gasteiger partial charge < -0.3 is 15.2 Å². The summed E-state index contributed by atoms with van der Waals surface area (Å²) in [7, 11) is 0. The quantitative estimate of drug-likeness (QED) is 0.715. The Balaban J connectivity index is 1.50. The van der Waals surface area contributed by atoms with E-state index in [9.17, 15) is 4.79 Å². The van der Waals surface area contributed by atoms with Gasteiger partial charge in [-0.15, -0.1) is 0 Å². The number of nitrogens with one attached hydrogen (secondary N) is 2. The normalized spacial score (nSPS) is 16.2. The number of piperidine rings is 1. The third-order valence-electron chi connectivity index (χ3n) is 4.89. The van der Waals surface area contributed by atoms with E-state index in [-0.39, 0.29) is 12.3 Å². The predicted octanol–water partition coefficient (Wildman–Crippen LogP) is 1.88. The molecular weight excluding hydrogens is 344 g/mol. The van der Waals surface area contributed by atoms with Crippen LogP contribution in [0.2, 0.25) is 0 Å². The molecule has 0 aliphatic carbocycles. The summed E-state index contributed by atoms with van der Waals surface area (Å²) in [5.74, 6) is 0.704. The van der Waals surface area contributed by atoms with Crippen LogP contribution in [-0.4, -0.2) is 38.9 Å². The van der Waals surface area contributed by atoms with Gasteiger partial charge in [0.05, 0.1) is 6.42 Å². The highest BCUT2D eigenvalue weighted by atomic mass is 16.5. The number of amides is 1. The first-order valence-corrected chi connectivity index (χ1v) is 9.06. The maximum Gasteiger partial charge on any atom is 0.254 e. The van der Waals surface area contributed by atoms with Crippen molar-refractivity contribution in [3.05, 3.63) is 60.0 Å². The van der Waals surface area contributed by atoms with Crippen molar-refractivity contribution in [2.75, 3.05) is 18.4 Å². The van der Waals surface area contributed by atoms with E-state index in [0.29, 0.717) is 11.7 Å². The number of hydrogen-bond acceptors (Lipinski definition) is 6. The highest BCUT2D eigenvalue weighted by Crippen LogP contribution is 2.33. The Hall–Kier alpha value is -3.00. The summed E-state index contributed by atoms with van der Waals surface area (Å²) in [5.41, 5.74) is 1.43. The third kappa shape index (κ3) is 3.61. The highest BCUT2D eigenvalue weighted by Gasteiger charge is 2.41. The largest absolute Gasteiger partial charge is 0.337 e. The maximum absolute atomic E-state index is 12.3. The lowest BCUT2D eigenvalue weighted by Gasteiger charge is -2.34. The smallest absolute Gasteiger partial charge is 0.254 e. The van der Waals surface area contributed by atoms with E-state index in [0.717, 1.165) is 37.2 Å². The molecule has 3 heterocycles. The molecule has 2 N–H and O–H groups in total. The summed E-state index contributed by atoms with van der Waals surface area (Å²) in [6.07, 6.45) is 5.32. The number of carbonyl (C=O) groups is 1. The van der Waals surface area contributed by atoms with Crippen LogP contribution < -0.4 is 10.6 Å². The van der Waals surface area contributed by atoms with Crippen molar-refractivity contribution in [3.63, 3.8) is 0 Å². The Morgan fingerprint density at radius 3 is 2.78 bits per heavy atom. The molecule has 4 rings (SSSR count). The number of rotatable bonds is 5. The second-order valence-electron chi connectivity index (χ2n) is 6.84. The molecule has 0 atom stereocenters. The van der Waals surface area contributed by atoms with Crippen LogP contribution in [0, 0.1) is 6.92 Å². The van der Waals surface area contributed by atoms with Gasteiger partial charge in [0, 0.05) is 18.1 Å². The number of aryl methyl sites for hydroxylation is 1. The van der Waals surface area contributed by atoms with Gasteiger partial charge in [-0.05, 0) is 51.1 Å². The van der Waals surface area contributed by atoms with E-state index in [1.807, 2.05) is 48.1 Å². The van der Waals surface area contributed by atoms with Crippen LogP contribution in [0.25, 0.3) is 0 Å². The van der Waals surface area contributed by atoms with E-state index in [1.54, 1.807) is 6.20 Å². The first-order valence-electron chi connectivity index (χ1n) is 9.06. The number of aromatic nitrogens is 4. The predicted molar refractivity (Wildman–Crippen MR) is 99.2 cm³/mol. The highest BCUT2D eigenvalue weighted by molar-refractivity contribution is 5.91. The number of hydrogen-bond donors (Lipinski definition) is 2. The van der Waals surface area contributed by atoms with E-state index >= 15 is 0 Å². The van der Waals surface area contributed by atoms with E-state index in [2.05, 4.69) is 25.9 Å². The number of benzene rings is 1. The molecule has 140 valence electrons. The number of nitrogens with zero attached hydrogens (tertiary/aromatic N) is 4. The van der Waals surface area contributed by atoms with Crippen LogP contribution >= 0.6 is 0 Å². The zero-order valence-electron chi connectivity index (χ0n) is 15.2. The Kier molecular flexibility index (Phi) is 4.72. The molecule has 0 bridgehead atoms. The monoisotopic (exact) mass is 366 g/mol. The molecule has 2 aromatic heterocycles. The van der Waals surface area contributed by atoms with Gasteiger partial charge in [-0.1, -0.05) is 22.9 Å². The van der Waals surface area contributed by atoms with E-state index in [1.165, 1.54) is 0 Å². The number of anilines is 1. The zero-order chi connectivity index (χ0) is 18.7. The van der Waals surface area contributed by atoms with Crippen LogP contribution in [-0.2, 0) is 16.8 Å². The van der Waals surface area contributed by atoms with Crippen molar-refractivity contribution < 1.29 is 9.32 Å². The minimum absolute atomic E-state index is 0.0603. The summed E-state index contributed by atoms with van der Waals surface area (Å²) in [5, 5.41) is 14.6. The van der Waals surface area contributed by atoms with Gasteiger partial charge in [-0.3, -0.25) is 9.48 Å². The second-order valence-corrected chi connectivity index (χ2v) is 6.84. The molecule has 0 saturated carbocycles. The van der Waals surface area contributed by atoms with Crippen molar-refractivity contribution in [3.8, 4) is 0 Å². The fourth-order valence-electron chi connectivity index (χ4n) is 3.40. The molecule has 3 aromatic rings. The summed E-state index contributed by atoms with van der Waals surface area (Å²) >= 11 is 0. The first-order chi connectivity index (χ1) is 13.2. The van der Waals surface area contributed by atoms with Crippen LogP contribution in [0.5, 0.6) is 0 Å². The number of carbonyl (C=O) groups excluding carboxylic acids is 1. The molecule has 0 radical (unpaired) electrons. The van der Waals surface area contributed by atoms with Gasteiger partial charge in [0.25, 0.3) is 5.89 Å². The van der Waals surface area contributed by atoms with Gasteiger partial charge in [-0.25, -0.2) is 0 Å². The van der Waals surface area contributed by atoms with Crippen LogP contribution in [0.1, 0.15) is 30.1 Å². The SMILES string of the molecule is Cc1ccc(NC(=O)Cc2noc(C3(n4cccn4)CCNCC3)n2)cc1. The summed E-state index contributed by atoms with van der Waals surface area (Å²) < 4.78 is 7.45. The average Bonchev–Trinajstić information content (AvgIpc) is 3.37. The standard InChI is InChI=1S/C19H22N6O2/c1-14-3-5-15(6-4-14)22-17(26)13-16-23-18(27-24-16)19(7-10-20-11-8-19)25-12-2-9-21-25/h2-6,9,12,20H,7-8,10-11,13H2,1H3,(H,22,26). The molecular formula is C19H22N6O2. The van der Waals surface area contributed by atoms with Gasteiger partial charge in [0.1, 0.15) is 5.54 Å². The lowest BCUT2D eigenvalue weighted by Crippen LogP contribution is -2.45. The lowest BCUT2D eigenvalue weighted by atomic mass is 9.88. The van der Waals surface area contributed by atoms with Crippen LogP contribution in [0.3, 0.4) is 0 Å². The summed E-state index contributed by atoms with van der Waals surface area (Å²) in [6.45, 7) is 3.68. The molecule has 8 nitrogen and oxygen atoms in total.